The van der Waals surface area contributed by atoms with Gasteiger partial charge in [-0.05, 0) is 19.1 Å². The van der Waals surface area contributed by atoms with Crippen LogP contribution in [0.2, 0.25) is 0 Å². The van der Waals surface area contributed by atoms with Gasteiger partial charge in [0.2, 0.25) is 0 Å². The van der Waals surface area contributed by atoms with Crippen LogP contribution in [0.5, 0.6) is 5.75 Å². The molecular weight excluding hydrogens is 235 g/mol. The highest BCUT2D eigenvalue weighted by atomic mass is 19.4. The number of rotatable bonds is 2. The molecule has 0 N–H and O–H groups in total. The second-order valence-corrected chi connectivity index (χ2v) is 3.26. The number of ether oxygens (including phenoxy) is 1. The van der Waals surface area contributed by atoms with E-state index >= 15 is 0 Å². The largest absolute Gasteiger partial charge is 0.496 e. The van der Waals surface area contributed by atoms with Gasteiger partial charge in [0.1, 0.15) is 11.8 Å². The molecule has 3 nitrogen and oxygen atoms in total. The van der Waals surface area contributed by atoms with Gasteiger partial charge in [-0.2, -0.15) is 18.4 Å². The van der Waals surface area contributed by atoms with E-state index in [2.05, 4.69) is 4.74 Å². The standard InChI is InChI=1S/C11H8F3NO2/c1-6(16)8-4-9(11(12,13)14)10(17-2)3-7(8)5-15/h3-4H,1-2H3. The average Bonchev–Trinajstić information content (AvgIpc) is 2.25. The van der Waals surface area contributed by atoms with Crippen molar-refractivity contribution in [1.82, 2.24) is 0 Å². The Bertz CT molecular complexity index is 501. The van der Waals surface area contributed by atoms with E-state index in [1.54, 1.807) is 6.07 Å². The molecular formula is C11H8F3NO2. The van der Waals surface area contributed by atoms with Gasteiger partial charge in [-0.15, -0.1) is 0 Å². The number of hydrogen-bond acceptors (Lipinski definition) is 3. The first-order valence-corrected chi connectivity index (χ1v) is 4.51. The van der Waals surface area contributed by atoms with E-state index in [-0.39, 0.29) is 11.1 Å². The molecule has 0 aliphatic carbocycles. The maximum absolute atomic E-state index is 12.6. The van der Waals surface area contributed by atoms with Gasteiger partial charge in [-0.25, -0.2) is 0 Å². The third-order valence-corrected chi connectivity index (χ3v) is 2.14. The molecule has 0 amide bonds. The van der Waals surface area contributed by atoms with E-state index < -0.39 is 23.3 Å². The minimum atomic E-state index is -4.64. The second-order valence-electron chi connectivity index (χ2n) is 3.26. The number of carbonyl (C=O) groups is 1. The number of alkyl halides is 3. The zero-order chi connectivity index (χ0) is 13.2. The molecule has 0 saturated carbocycles. The van der Waals surface area contributed by atoms with Crippen LogP contribution >= 0.6 is 0 Å². The SMILES string of the molecule is COc1cc(C#N)c(C(C)=O)cc1C(F)(F)F. The van der Waals surface area contributed by atoms with Crippen molar-refractivity contribution >= 4 is 5.78 Å². The van der Waals surface area contributed by atoms with Gasteiger partial charge in [-0.3, -0.25) is 4.79 Å². The summed E-state index contributed by atoms with van der Waals surface area (Å²) in [7, 11) is 1.07. The van der Waals surface area contributed by atoms with Crippen LogP contribution in [-0.2, 0) is 6.18 Å². The Hall–Kier alpha value is -2.03. The maximum Gasteiger partial charge on any atom is 0.419 e. The number of nitrogens with zero attached hydrogens (tertiary/aromatic N) is 1. The van der Waals surface area contributed by atoms with Crippen molar-refractivity contribution in [1.29, 1.82) is 5.26 Å². The molecule has 0 unspecified atom stereocenters. The van der Waals surface area contributed by atoms with E-state index in [9.17, 15) is 18.0 Å². The molecule has 0 heterocycles. The first-order valence-electron chi connectivity index (χ1n) is 4.51. The van der Waals surface area contributed by atoms with Crippen molar-refractivity contribution in [3.8, 4) is 11.8 Å². The van der Waals surface area contributed by atoms with E-state index in [4.69, 9.17) is 5.26 Å². The number of halogens is 3. The Balaban J connectivity index is 3.58. The van der Waals surface area contributed by atoms with Crippen LogP contribution in [0, 0.1) is 11.3 Å². The van der Waals surface area contributed by atoms with Crippen molar-refractivity contribution in [3.05, 3.63) is 28.8 Å². The van der Waals surface area contributed by atoms with Gasteiger partial charge in [0, 0.05) is 5.56 Å². The molecule has 0 radical (unpaired) electrons. The van der Waals surface area contributed by atoms with Gasteiger partial charge < -0.3 is 4.74 Å². The summed E-state index contributed by atoms with van der Waals surface area (Å²) in [6.07, 6.45) is -4.64. The monoisotopic (exact) mass is 243 g/mol. The third-order valence-electron chi connectivity index (χ3n) is 2.14. The Morgan fingerprint density at radius 3 is 2.35 bits per heavy atom. The summed E-state index contributed by atoms with van der Waals surface area (Å²) in [4.78, 5) is 11.1. The number of carbonyl (C=O) groups excluding carboxylic acids is 1. The van der Waals surface area contributed by atoms with E-state index in [0.717, 1.165) is 20.1 Å². The molecule has 17 heavy (non-hydrogen) atoms. The molecule has 0 spiro atoms. The summed E-state index contributed by atoms with van der Waals surface area (Å²) >= 11 is 0. The summed E-state index contributed by atoms with van der Waals surface area (Å²) in [5.74, 6) is -1.08. The quantitative estimate of drug-likeness (QED) is 0.750. The fourth-order valence-corrected chi connectivity index (χ4v) is 1.35. The lowest BCUT2D eigenvalue weighted by Gasteiger charge is -2.13. The molecule has 1 aromatic carbocycles. The van der Waals surface area contributed by atoms with Gasteiger partial charge in [0.25, 0.3) is 0 Å². The van der Waals surface area contributed by atoms with Crippen LogP contribution in [0.4, 0.5) is 13.2 Å². The predicted octanol–water partition coefficient (Wildman–Crippen LogP) is 2.79. The highest BCUT2D eigenvalue weighted by molar-refractivity contribution is 5.97. The zero-order valence-corrected chi connectivity index (χ0v) is 9.05. The zero-order valence-electron chi connectivity index (χ0n) is 9.05. The molecule has 6 heteroatoms. The first-order chi connectivity index (χ1) is 7.81. The number of benzene rings is 1. The highest BCUT2D eigenvalue weighted by Crippen LogP contribution is 2.37. The molecule has 0 aliphatic heterocycles. The molecule has 90 valence electrons. The molecule has 1 rings (SSSR count). The molecule has 0 atom stereocenters. The van der Waals surface area contributed by atoms with Crippen molar-refractivity contribution in [2.75, 3.05) is 7.11 Å². The Kier molecular flexibility index (Phi) is 3.42. The van der Waals surface area contributed by atoms with E-state index in [0.29, 0.717) is 6.07 Å². The van der Waals surface area contributed by atoms with Gasteiger partial charge in [0.15, 0.2) is 5.78 Å². The number of methoxy groups -OCH3 is 1. The van der Waals surface area contributed by atoms with E-state index in [1.165, 1.54) is 0 Å². The molecule has 0 bridgehead atoms. The average molecular weight is 243 g/mol. The predicted molar refractivity (Wildman–Crippen MR) is 52.7 cm³/mol. The fourth-order valence-electron chi connectivity index (χ4n) is 1.35. The lowest BCUT2D eigenvalue weighted by Crippen LogP contribution is -2.10. The first kappa shape index (κ1) is 13.0. The fraction of sp³-hybridized carbons (Fsp3) is 0.273. The van der Waals surface area contributed by atoms with Crippen molar-refractivity contribution in [2.24, 2.45) is 0 Å². The number of nitriles is 1. The summed E-state index contributed by atoms with van der Waals surface area (Å²) in [5.41, 5.74) is -1.47. The minimum Gasteiger partial charge on any atom is -0.496 e. The van der Waals surface area contributed by atoms with Crippen molar-refractivity contribution < 1.29 is 22.7 Å². The lowest BCUT2D eigenvalue weighted by atomic mass is 10.0. The topological polar surface area (TPSA) is 50.1 Å². The third kappa shape index (κ3) is 2.56. The number of hydrogen-bond donors (Lipinski definition) is 0. The molecule has 1 aromatic rings. The lowest BCUT2D eigenvalue weighted by molar-refractivity contribution is -0.138. The molecule has 0 aliphatic rings. The number of ketones is 1. The van der Waals surface area contributed by atoms with Crippen LogP contribution in [0.1, 0.15) is 28.4 Å². The Morgan fingerprint density at radius 1 is 1.41 bits per heavy atom. The second kappa shape index (κ2) is 4.45. The van der Waals surface area contributed by atoms with Crippen LogP contribution in [0.15, 0.2) is 12.1 Å². The summed E-state index contributed by atoms with van der Waals surface area (Å²) in [6, 6.07) is 3.22. The van der Waals surface area contributed by atoms with Crippen molar-refractivity contribution in [2.45, 2.75) is 13.1 Å². The van der Waals surface area contributed by atoms with E-state index in [1.807, 2.05) is 0 Å². The van der Waals surface area contributed by atoms with Gasteiger partial charge in [0.05, 0.1) is 18.2 Å². The maximum atomic E-state index is 12.6. The molecule has 0 saturated heterocycles. The summed E-state index contributed by atoms with van der Waals surface area (Å²) in [5, 5.41) is 8.74. The van der Waals surface area contributed by atoms with Gasteiger partial charge in [-0.1, -0.05) is 0 Å². The van der Waals surface area contributed by atoms with Crippen LogP contribution in [-0.4, -0.2) is 12.9 Å². The summed E-state index contributed by atoms with van der Waals surface area (Å²) < 4.78 is 42.5. The van der Waals surface area contributed by atoms with Gasteiger partial charge >= 0.3 is 6.18 Å². The molecule has 0 fully saturated rings. The van der Waals surface area contributed by atoms with Crippen molar-refractivity contribution in [3.63, 3.8) is 0 Å². The number of Topliss-reactive ketones (excluding diaryl/α,β-unsaturated/α-hetero) is 1. The highest BCUT2D eigenvalue weighted by Gasteiger charge is 2.35. The van der Waals surface area contributed by atoms with Crippen LogP contribution in [0.3, 0.4) is 0 Å². The Labute approximate surface area is 95.4 Å². The molecule has 0 aromatic heterocycles. The Morgan fingerprint density at radius 2 is 2.00 bits per heavy atom. The van der Waals surface area contributed by atoms with Crippen LogP contribution < -0.4 is 4.74 Å². The normalized spacial score (nSPS) is 10.8. The summed E-state index contributed by atoms with van der Waals surface area (Å²) in [6.45, 7) is 1.10. The van der Waals surface area contributed by atoms with Crippen LogP contribution in [0.25, 0.3) is 0 Å². The minimum absolute atomic E-state index is 0.137. The smallest absolute Gasteiger partial charge is 0.419 e.